The van der Waals surface area contributed by atoms with E-state index in [1.807, 2.05) is 24.3 Å². The van der Waals surface area contributed by atoms with Gasteiger partial charge in [0.1, 0.15) is 0 Å². The summed E-state index contributed by atoms with van der Waals surface area (Å²) in [5.74, 6) is 0. The van der Waals surface area contributed by atoms with E-state index in [1.54, 1.807) is 21.6 Å². The van der Waals surface area contributed by atoms with Gasteiger partial charge in [0, 0.05) is 21.2 Å². The molecule has 0 spiro atoms. The van der Waals surface area contributed by atoms with Crippen molar-refractivity contribution >= 4 is 33.0 Å². The normalized spacial score (nSPS) is 10.6. The van der Waals surface area contributed by atoms with Crippen LogP contribution in [0.4, 0.5) is 11.4 Å². The third-order valence-corrected chi connectivity index (χ3v) is 5.48. The third-order valence-electron chi connectivity index (χ3n) is 2.69. The lowest BCUT2D eigenvalue weighted by molar-refractivity contribution is 1.31. The molecule has 0 aliphatic carbocycles. The highest BCUT2D eigenvalue weighted by atomic mass is 33.1. The predicted octanol–water partition coefficient (Wildman–Crippen LogP) is 4.27. The molecular weight excluding hydrogens is 260 g/mol. The van der Waals surface area contributed by atoms with E-state index in [1.165, 1.54) is 11.1 Å². The van der Waals surface area contributed by atoms with Gasteiger partial charge < -0.3 is 11.5 Å². The average molecular weight is 276 g/mol. The van der Waals surface area contributed by atoms with E-state index < -0.39 is 0 Å². The number of aryl methyl sites for hydroxylation is 2. The summed E-state index contributed by atoms with van der Waals surface area (Å²) >= 11 is 0. The van der Waals surface area contributed by atoms with Gasteiger partial charge >= 0.3 is 0 Å². The fraction of sp³-hybridized carbons (Fsp3) is 0.143. The molecular formula is C14H16N2S2. The Morgan fingerprint density at radius 3 is 1.44 bits per heavy atom. The van der Waals surface area contributed by atoms with Crippen LogP contribution in [0.5, 0.6) is 0 Å². The molecule has 0 saturated heterocycles. The second-order valence-electron chi connectivity index (χ2n) is 4.15. The first kappa shape index (κ1) is 13.2. The Balaban J connectivity index is 2.22. The van der Waals surface area contributed by atoms with Crippen LogP contribution in [0.3, 0.4) is 0 Å². The van der Waals surface area contributed by atoms with Crippen molar-refractivity contribution in [2.75, 3.05) is 11.5 Å². The van der Waals surface area contributed by atoms with E-state index in [4.69, 9.17) is 11.5 Å². The smallest absolute Gasteiger partial charge is 0.0463 e. The molecule has 0 heterocycles. The van der Waals surface area contributed by atoms with Gasteiger partial charge in [-0.05, 0) is 37.1 Å². The quantitative estimate of drug-likeness (QED) is 0.649. The zero-order valence-electron chi connectivity index (χ0n) is 10.4. The molecule has 0 unspecified atom stereocenters. The molecule has 0 fully saturated rings. The summed E-state index contributed by atoms with van der Waals surface area (Å²) in [6.07, 6.45) is 0. The molecule has 4 N–H and O–H groups in total. The summed E-state index contributed by atoms with van der Waals surface area (Å²) in [6, 6.07) is 11.9. The highest BCUT2D eigenvalue weighted by molar-refractivity contribution is 8.76. The number of anilines is 2. The molecule has 0 atom stereocenters. The van der Waals surface area contributed by atoms with Crippen molar-refractivity contribution in [3.05, 3.63) is 47.5 Å². The van der Waals surface area contributed by atoms with Crippen LogP contribution < -0.4 is 11.5 Å². The molecule has 0 bridgehead atoms. The van der Waals surface area contributed by atoms with Gasteiger partial charge in [0.15, 0.2) is 0 Å². The number of nitrogens with two attached hydrogens (primary N) is 2. The van der Waals surface area contributed by atoms with Gasteiger partial charge in [-0.2, -0.15) is 0 Å². The lowest BCUT2D eigenvalue weighted by Crippen LogP contribution is -1.91. The zero-order valence-corrected chi connectivity index (χ0v) is 12.1. The van der Waals surface area contributed by atoms with Crippen molar-refractivity contribution in [2.24, 2.45) is 0 Å². The van der Waals surface area contributed by atoms with Gasteiger partial charge in [0.2, 0.25) is 0 Å². The maximum atomic E-state index is 6.00. The highest BCUT2D eigenvalue weighted by Crippen LogP contribution is 2.44. The average Bonchev–Trinajstić information content (AvgIpc) is 2.31. The van der Waals surface area contributed by atoms with Crippen LogP contribution in [0.1, 0.15) is 11.1 Å². The predicted molar refractivity (Wildman–Crippen MR) is 82.9 cm³/mol. The molecule has 18 heavy (non-hydrogen) atoms. The van der Waals surface area contributed by atoms with E-state index in [-0.39, 0.29) is 0 Å². The van der Waals surface area contributed by atoms with Crippen molar-refractivity contribution in [3.8, 4) is 0 Å². The van der Waals surface area contributed by atoms with E-state index in [0.29, 0.717) is 0 Å². The van der Waals surface area contributed by atoms with Gasteiger partial charge in [0.05, 0.1) is 0 Å². The molecule has 0 radical (unpaired) electrons. The van der Waals surface area contributed by atoms with Gasteiger partial charge in [-0.1, -0.05) is 45.9 Å². The molecule has 0 saturated carbocycles. The summed E-state index contributed by atoms with van der Waals surface area (Å²) in [7, 11) is 3.33. The summed E-state index contributed by atoms with van der Waals surface area (Å²) in [6.45, 7) is 4.14. The monoisotopic (exact) mass is 276 g/mol. The Kier molecular flexibility index (Phi) is 4.09. The molecule has 2 rings (SSSR count). The molecule has 2 nitrogen and oxygen atoms in total. The van der Waals surface area contributed by atoms with Crippen LogP contribution >= 0.6 is 21.6 Å². The molecule has 2 aromatic carbocycles. The third kappa shape index (κ3) is 2.76. The fourth-order valence-corrected chi connectivity index (χ4v) is 4.42. The summed E-state index contributed by atoms with van der Waals surface area (Å²) < 4.78 is 0. The lowest BCUT2D eigenvalue weighted by atomic mass is 10.2. The van der Waals surface area contributed by atoms with Crippen LogP contribution in [0.25, 0.3) is 0 Å². The van der Waals surface area contributed by atoms with Gasteiger partial charge in [-0.25, -0.2) is 0 Å². The van der Waals surface area contributed by atoms with Gasteiger partial charge in [-0.15, -0.1) is 0 Å². The Hall–Kier alpha value is -1.26. The molecule has 2 aromatic rings. The summed E-state index contributed by atoms with van der Waals surface area (Å²) in [5.41, 5.74) is 16.0. The number of hydrogen-bond donors (Lipinski definition) is 2. The Morgan fingerprint density at radius 1 is 0.722 bits per heavy atom. The Morgan fingerprint density at radius 2 is 1.11 bits per heavy atom. The molecule has 4 heteroatoms. The molecule has 94 valence electrons. The van der Waals surface area contributed by atoms with Gasteiger partial charge in [0.25, 0.3) is 0 Å². The first-order valence-corrected chi connectivity index (χ1v) is 7.79. The minimum atomic E-state index is 0.819. The fourth-order valence-electron chi connectivity index (χ4n) is 1.66. The van der Waals surface area contributed by atoms with Crippen LogP contribution in [0.2, 0.25) is 0 Å². The maximum absolute atomic E-state index is 6.00. The van der Waals surface area contributed by atoms with Crippen molar-refractivity contribution in [1.29, 1.82) is 0 Å². The topological polar surface area (TPSA) is 52.0 Å². The number of rotatable bonds is 3. The maximum Gasteiger partial charge on any atom is 0.0463 e. The minimum absolute atomic E-state index is 0.819. The number of nitrogen functional groups attached to an aromatic ring is 2. The minimum Gasteiger partial charge on any atom is -0.398 e. The van der Waals surface area contributed by atoms with Crippen molar-refractivity contribution in [2.45, 2.75) is 23.6 Å². The highest BCUT2D eigenvalue weighted by Gasteiger charge is 2.08. The van der Waals surface area contributed by atoms with E-state index >= 15 is 0 Å². The summed E-state index contributed by atoms with van der Waals surface area (Å²) in [5, 5.41) is 0. The van der Waals surface area contributed by atoms with Crippen LogP contribution in [-0.4, -0.2) is 0 Å². The van der Waals surface area contributed by atoms with Crippen molar-refractivity contribution < 1.29 is 0 Å². The number of benzene rings is 2. The number of hydrogen-bond acceptors (Lipinski definition) is 4. The largest absolute Gasteiger partial charge is 0.398 e. The van der Waals surface area contributed by atoms with Crippen LogP contribution in [0, 0.1) is 13.8 Å². The van der Waals surface area contributed by atoms with Crippen molar-refractivity contribution in [1.82, 2.24) is 0 Å². The summed E-state index contributed by atoms with van der Waals surface area (Å²) in [4.78, 5) is 2.23. The molecule has 0 aliphatic heterocycles. The standard InChI is InChI=1S/C14H16N2S2/c1-9-5-3-7-11(15)13(9)17-18-14-10(2)6-4-8-12(14)16/h3-8H,15-16H2,1-2H3. The lowest BCUT2D eigenvalue weighted by Gasteiger charge is -2.11. The van der Waals surface area contributed by atoms with E-state index in [2.05, 4.69) is 26.0 Å². The first-order valence-electron chi connectivity index (χ1n) is 5.64. The molecule has 0 aromatic heterocycles. The second kappa shape index (κ2) is 5.59. The Labute approximate surface area is 116 Å². The second-order valence-corrected chi connectivity index (χ2v) is 6.30. The molecule has 0 aliphatic rings. The first-order chi connectivity index (χ1) is 8.59. The zero-order chi connectivity index (χ0) is 13.1. The van der Waals surface area contributed by atoms with Crippen molar-refractivity contribution in [3.63, 3.8) is 0 Å². The van der Waals surface area contributed by atoms with Crippen LogP contribution in [-0.2, 0) is 0 Å². The molecule has 0 amide bonds. The SMILES string of the molecule is Cc1cccc(N)c1SSc1c(C)cccc1N. The Bertz CT molecular complexity index is 476. The van der Waals surface area contributed by atoms with Gasteiger partial charge in [-0.3, -0.25) is 0 Å². The van der Waals surface area contributed by atoms with Crippen LogP contribution in [0.15, 0.2) is 46.2 Å². The van der Waals surface area contributed by atoms with E-state index in [9.17, 15) is 0 Å². The van der Waals surface area contributed by atoms with E-state index in [0.717, 1.165) is 21.2 Å².